The van der Waals surface area contributed by atoms with E-state index in [9.17, 15) is 9.59 Å². The molecule has 2 aromatic carbocycles. The van der Waals surface area contributed by atoms with Crippen molar-refractivity contribution >= 4 is 22.2 Å². The van der Waals surface area contributed by atoms with Gasteiger partial charge in [-0.3, -0.25) is 18.2 Å². The fourth-order valence-electron chi connectivity index (χ4n) is 3.41. The van der Waals surface area contributed by atoms with Crippen LogP contribution in [0.25, 0.3) is 0 Å². The average Bonchev–Trinajstić information content (AvgIpc) is 2.95. The van der Waals surface area contributed by atoms with Crippen molar-refractivity contribution in [2.24, 2.45) is 0 Å². The molecule has 1 atom stereocenters. The quantitative estimate of drug-likeness (QED) is 0.809. The van der Waals surface area contributed by atoms with E-state index in [-0.39, 0.29) is 11.8 Å². The first-order valence-electron chi connectivity index (χ1n) is 7.20. The predicted octanol–water partition coefficient (Wildman–Crippen LogP) is 2.92. The van der Waals surface area contributed by atoms with Gasteiger partial charge < -0.3 is 4.74 Å². The number of carbonyl (C=O) groups is 2. The van der Waals surface area contributed by atoms with Gasteiger partial charge in [-0.1, -0.05) is 12.1 Å². The Morgan fingerprint density at radius 1 is 0.870 bits per heavy atom. The molecule has 2 heterocycles. The third-order valence-electron chi connectivity index (χ3n) is 4.51. The molecule has 2 aliphatic rings. The zero-order valence-electron chi connectivity index (χ0n) is 13.1. The molecule has 5 nitrogen and oxygen atoms in total. The van der Waals surface area contributed by atoms with Crippen LogP contribution in [0.5, 0.6) is 5.75 Å². The van der Waals surface area contributed by atoms with Gasteiger partial charge >= 0.3 is 0 Å². The summed E-state index contributed by atoms with van der Waals surface area (Å²) >= 11 is 0. The lowest BCUT2D eigenvalue weighted by Crippen LogP contribution is -2.33. The van der Waals surface area contributed by atoms with Gasteiger partial charge in [0.2, 0.25) is 0 Å². The maximum Gasteiger partial charge on any atom is 0.265 e. The number of fused-ring (bicyclic) bond motifs is 4. The molecule has 118 valence electrons. The highest BCUT2D eigenvalue weighted by Gasteiger charge is 2.54. The molecule has 0 radical (unpaired) electrons. The van der Waals surface area contributed by atoms with Gasteiger partial charge in [0.05, 0.1) is 18.2 Å². The van der Waals surface area contributed by atoms with Gasteiger partial charge in [0.15, 0.2) is 0 Å². The summed E-state index contributed by atoms with van der Waals surface area (Å²) in [7, 11) is 3.12. The molecule has 1 spiro atoms. The summed E-state index contributed by atoms with van der Waals surface area (Å²) < 4.78 is 8.70. The van der Waals surface area contributed by atoms with Crippen molar-refractivity contribution in [2.75, 3.05) is 21.2 Å². The highest BCUT2D eigenvalue weighted by Crippen LogP contribution is 2.74. The average molecular weight is 328 g/mol. The van der Waals surface area contributed by atoms with Crippen LogP contribution in [0.2, 0.25) is 0 Å². The normalized spacial score (nSPS) is 24.7. The van der Waals surface area contributed by atoms with Crippen LogP contribution in [0.3, 0.4) is 0 Å². The number of amides is 2. The van der Waals surface area contributed by atoms with Crippen LogP contribution in [0, 0.1) is 0 Å². The van der Waals surface area contributed by atoms with Gasteiger partial charge in [-0.05, 0) is 40.7 Å². The molecular weight excluding hydrogens is 312 g/mol. The molecule has 1 unspecified atom stereocenters. The Morgan fingerprint density at radius 2 is 1.48 bits per heavy atom. The molecule has 4 rings (SSSR count). The Labute approximate surface area is 136 Å². The number of hydrogen-bond donors (Lipinski definition) is 0. The van der Waals surface area contributed by atoms with E-state index < -0.39 is 10.4 Å². The smallest absolute Gasteiger partial charge is 0.265 e. The summed E-state index contributed by atoms with van der Waals surface area (Å²) in [4.78, 5) is 27.4. The molecule has 0 bridgehead atoms. The van der Waals surface area contributed by atoms with Gasteiger partial charge in [-0.15, -0.1) is 0 Å². The highest BCUT2D eigenvalue weighted by molar-refractivity contribution is 8.31. The summed E-state index contributed by atoms with van der Waals surface area (Å²) in [6, 6.07) is 13.1. The van der Waals surface area contributed by atoms with Crippen LogP contribution < -0.4 is 4.74 Å². The van der Waals surface area contributed by atoms with E-state index in [0.29, 0.717) is 16.9 Å². The summed E-state index contributed by atoms with van der Waals surface area (Å²) in [6.07, 6.45) is 0. The van der Waals surface area contributed by atoms with Crippen molar-refractivity contribution in [3.05, 3.63) is 53.6 Å². The maximum absolute atomic E-state index is 12.8. The Hall–Kier alpha value is -2.47. The van der Waals surface area contributed by atoms with Gasteiger partial charge in [0, 0.05) is 23.9 Å². The van der Waals surface area contributed by atoms with Crippen LogP contribution in [-0.4, -0.2) is 41.6 Å². The minimum absolute atomic E-state index is 0.0427. The van der Waals surface area contributed by atoms with Crippen molar-refractivity contribution in [3.8, 4) is 5.75 Å². The van der Waals surface area contributed by atoms with Crippen LogP contribution in [-0.2, 0) is 0 Å². The number of rotatable bonds is 1. The summed E-state index contributed by atoms with van der Waals surface area (Å²) in [5, 5.41) is 0. The van der Waals surface area contributed by atoms with E-state index in [1.54, 1.807) is 35.9 Å². The monoisotopic (exact) mass is 328 g/mol. The number of ether oxygens (including phenoxy) is 1. The molecule has 0 saturated heterocycles. The molecule has 0 N–H and O–H groups in total. The Balaban J connectivity index is 2.07. The highest BCUT2D eigenvalue weighted by atomic mass is 32.3. The first-order chi connectivity index (χ1) is 11.0. The SMILES string of the molecule is COc1ccc2c(c1)C(=O)N(C)S21c2ccccc2C(=O)N1C. The van der Waals surface area contributed by atoms with E-state index in [4.69, 9.17) is 4.74 Å². The third-order valence-corrected chi connectivity index (χ3v) is 8.37. The lowest BCUT2D eigenvalue weighted by molar-refractivity contribution is 0.0877. The fraction of sp³-hybridized carbons (Fsp3) is 0.176. The summed E-state index contributed by atoms with van der Waals surface area (Å²) in [6.45, 7) is 0. The number of benzene rings is 2. The molecule has 6 heteroatoms. The second-order valence-electron chi connectivity index (χ2n) is 5.51. The molecule has 0 fully saturated rings. The summed E-state index contributed by atoms with van der Waals surface area (Å²) in [5.41, 5.74) is 1.28. The van der Waals surface area contributed by atoms with Crippen molar-refractivity contribution in [3.63, 3.8) is 0 Å². The predicted molar refractivity (Wildman–Crippen MR) is 87.7 cm³/mol. The molecule has 2 amide bonds. The molecule has 0 aromatic heterocycles. The zero-order valence-corrected chi connectivity index (χ0v) is 13.9. The van der Waals surface area contributed by atoms with Crippen molar-refractivity contribution in [1.82, 2.24) is 8.61 Å². The number of hydrogen-bond acceptors (Lipinski definition) is 3. The first-order valence-corrected chi connectivity index (χ1v) is 8.75. The van der Waals surface area contributed by atoms with E-state index in [1.807, 2.05) is 36.4 Å². The molecule has 2 aromatic rings. The largest absolute Gasteiger partial charge is 0.497 e. The fourth-order valence-corrected chi connectivity index (χ4v) is 7.32. The minimum Gasteiger partial charge on any atom is -0.497 e. The molecule has 0 saturated carbocycles. The molecular formula is C17H16N2O3S. The van der Waals surface area contributed by atoms with E-state index in [0.717, 1.165) is 9.79 Å². The summed E-state index contributed by atoms with van der Waals surface area (Å²) in [5.74, 6) is 0.520. The zero-order chi connectivity index (χ0) is 16.4. The van der Waals surface area contributed by atoms with Crippen molar-refractivity contribution < 1.29 is 14.3 Å². The Bertz CT molecular complexity index is 867. The topological polar surface area (TPSA) is 49.9 Å². The number of carbonyl (C=O) groups excluding carboxylic acids is 2. The van der Waals surface area contributed by atoms with Crippen LogP contribution in [0.1, 0.15) is 20.7 Å². The van der Waals surface area contributed by atoms with Gasteiger partial charge in [0.1, 0.15) is 5.75 Å². The van der Waals surface area contributed by atoms with Crippen molar-refractivity contribution in [2.45, 2.75) is 9.79 Å². The van der Waals surface area contributed by atoms with Crippen molar-refractivity contribution in [1.29, 1.82) is 0 Å². The molecule has 0 aliphatic carbocycles. The van der Waals surface area contributed by atoms with Gasteiger partial charge in [0.25, 0.3) is 11.8 Å². The standard InChI is InChI=1S/C17H16N2O3S/c1-18-16(20)12-6-4-5-7-14(12)23(18)15-9-8-11(22-3)10-13(15)17(21)19(23)2/h4-10H,1-3H3. The van der Waals surface area contributed by atoms with Gasteiger partial charge in [-0.2, -0.15) is 0 Å². The Morgan fingerprint density at radius 3 is 2.17 bits per heavy atom. The molecule has 23 heavy (non-hydrogen) atoms. The Kier molecular flexibility index (Phi) is 2.78. The lowest BCUT2D eigenvalue weighted by atomic mass is 10.2. The lowest BCUT2D eigenvalue weighted by Gasteiger charge is -2.44. The second-order valence-corrected chi connectivity index (χ2v) is 8.59. The maximum atomic E-state index is 12.8. The third kappa shape index (κ3) is 1.49. The first kappa shape index (κ1) is 14.1. The van der Waals surface area contributed by atoms with E-state index in [2.05, 4.69) is 0 Å². The molecule has 2 aliphatic heterocycles. The van der Waals surface area contributed by atoms with Gasteiger partial charge in [-0.25, -0.2) is 0 Å². The number of methoxy groups -OCH3 is 1. The minimum atomic E-state index is -2.01. The van der Waals surface area contributed by atoms with E-state index in [1.165, 1.54) is 0 Å². The number of nitrogens with zero attached hydrogens (tertiary/aromatic N) is 2. The van der Waals surface area contributed by atoms with Crippen LogP contribution >= 0.6 is 10.4 Å². The van der Waals surface area contributed by atoms with Crippen LogP contribution in [0.4, 0.5) is 0 Å². The van der Waals surface area contributed by atoms with E-state index >= 15 is 0 Å². The van der Waals surface area contributed by atoms with Crippen LogP contribution in [0.15, 0.2) is 52.3 Å². The second kappa shape index (κ2) is 4.52.